The first-order valence-corrected chi connectivity index (χ1v) is 6.02. The lowest BCUT2D eigenvalue weighted by Crippen LogP contribution is -1.97. The van der Waals surface area contributed by atoms with Crippen LogP contribution in [0.4, 0.5) is 0 Å². The lowest BCUT2D eigenvalue weighted by Gasteiger charge is -2.05. The molecule has 4 nitrogen and oxygen atoms in total. The Hall–Kier alpha value is -1.62. The van der Waals surface area contributed by atoms with Gasteiger partial charge in [-0.1, -0.05) is 0 Å². The van der Waals surface area contributed by atoms with E-state index < -0.39 is 0 Å². The van der Waals surface area contributed by atoms with Gasteiger partial charge in [0.05, 0.1) is 7.11 Å². The zero-order valence-electron chi connectivity index (χ0n) is 9.51. The van der Waals surface area contributed by atoms with E-state index in [-0.39, 0.29) is 0 Å². The predicted molar refractivity (Wildman–Crippen MR) is 67.7 cm³/mol. The van der Waals surface area contributed by atoms with Gasteiger partial charge in [0.25, 0.3) is 0 Å². The quantitative estimate of drug-likeness (QED) is 0.848. The van der Waals surface area contributed by atoms with Crippen molar-refractivity contribution < 1.29 is 4.74 Å². The summed E-state index contributed by atoms with van der Waals surface area (Å²) in [5, 5.41) is 7.18. The fourth-order valence-electron chi connectivity index (χ4n) is 1.92. The van der Waals surface area contributed by atoms with E-state index in [0.717, 1.165) is 17.1 Å². The number of hydrogen-bond acceptors (Lipinski definition) is 3. The summed E-state index contributed by atoms with van der Waals surface area (Å²) in [4.78, 5) is 0. The monoisotopic (exact) mass is 247 g/mol. The molecule has 1 aromatic heterocycles. The molecular weight excluding hydrogens is 234 g/mol. The highest BCUT2D eigenvalue weighted by Crippen LogP contribution is 2.38. The number of aromatic amines is 1. The van der Waals surface area contributed by atoms with Crippen LogP contribution in [0.1, 0.15) is 18.9 Å². The molecular formula is C12H13N3OS. The number of methoxy groups -OCH3 is 1. The Morgan fingerprint density at radius 3 is 2.65 bits per heavy atom. The smallest absolute Gasteiger partial charge is 0.195 e. The summed E-state index contributed by atoms with van der Waals surface area (Å²) in [6.07, 6.45) is 2.38. The highest BCUT2D eigenvalue weighted by Gasteiger charge is 2.27. The zero-order valence-corrected chi connectivity index (χ0v) is 10.3. The highest BCUT2D eigenvalue weighted by molar-refractivity contribution is 7.71. The van der Waals surface area contributed by atoms with Crippen molar-refractivity contribution >= 4 is 12.2 Å². The Morgan fingerprint density at radius 2 is 2.06 bits per heavy atom. The molecule has 1 saturated carbocycles. The van der Waals surface area contributed by atoms with Crippen LogP contribution in [-0.4, -0.2) is 21.9 Å². The number of hydrogen-bond donors (Lipinski definition) is 1. The number of ether oxygens (including phenoxy) is 1. The van der Waals surface area contributed by atoms with Crippen LogP contribution in [-0.2, 0) is 0 Å². The first-order chi connectivity index (χ1) is 8.29. The molecule has 0 atom stereocenters. The molecule has 17 heavy (non-hydrogen) atoms. The van der Waals surface area contributed by atoms with E-state index in [9.17, 15) is 0 Å². The van der Waals surface area contributed by atoms with Gasteiger partial charge in [-0.2, -0.15) is 5.10 Å². The molecule has 88 valence electrons. The normalized spacial score (nSPS) is 14.9. The van der Waals surface area contributed by atoms with Crippen molar-refractivity contribution in [1.82, 2.24) is 14.8 Å². The van der Waals surface area contributed by atoms with Crippen LogP contribution in [0.15, 0.2) is 24.3 Å². The van der Waals surface area contributed by atoms with Gasteiger partial charge in [0.1, 0.15) is 5.75 Å². The maximum Gasteiger partial charge on any atom is 0.195 e. The minimum absolute atomic E-state index is 0.526. The summed E-state index contributed by atoms with van der Waals surface area (Å²) in [6, 6.07) is 8.40. The maximum atomic E-state index is 5.26. The summed E-state index contributed by atoms with van der Waals surface area (Å²) < 4.78 is 7.96. The third-order valence-electron chi connectivity index (χ3n) is 2.96. The summed E-state index contributed by atoms with van der Waals surface area (Å²) in [6.45, 7) is 0. The van der Waals surface area contributed by atoms with Gasteiger partial charge < -0.3 is 4.74 Å². The molecule has 0 amide bonds. The Bertz CT molecular complexity index is 581. The van der Waals surface area contributed by atoms with Crippen molar-refractivity contribution in [2.75, 3.05) is 7.11 Å². The molecule has 1 aromatic carbocycles. The molecule has 0 radical (unpaired) electrons. The molecule has 0 unspecified atom stereocenters. The molecule has 1 aliphatic carbocycles. The largest absolute Gasteiger partial charge is 0.497 e. The average molecular weight is 247 g/mol. The minimum atomic E-state index is 0.526. The first-order valence-electron chi connectivity index (χ1n) is 5.61. The highest BCUT2D eigenvalue weighted by atomic mass is 32.1. The van der Waals surface area contributed by atoms with Gasteiger partial charge in [-0.05, 0) is 49.3 Å². The van der Waals surface area contributed by atoms with Gasteiger partial charge >= 0.3 is 0 Å². The van der Waals surface area contributed by atoms with E-state index in [4.69, 9.17) is 17.0 Å². The lowest BCUT2D eigenvalue weighted by atomic mass is 10.2. The fraction of sp³-hybridized carbons (Fsp3) is 0.333. The second-order valence-electron chi connectivity index (χ2n) is 4.18. The summed E-state index contributed by atoms with van der Waals surface area (Å²) >= 11 is 5.26. The van der Waals surface area contributed by atoms with E-state index >= 15 is 0 Å². The molecule has 1 N–H and O–H groups in total. The molecule has 3 rings (SSSR count). The maximum absolute atomic E-state index is 5.26. The van der Waals surface area contributed by atoms with Crippen molar-refractivity contribution in [1.29, 1.82) is 0 Å². The van der Waals surface area contributed by atoms with Crippen LogP contribution in [0.25, 0.3) is 11.4 Å². The molecule has 5 heteroatoms. The number of nitrogens with zero attached hydrogens (tertiary/aromatic N) is 2. The summed E-state index contributed by atoms with van der Waals surface area (Å²) in [5.74, 6) is 1.76. The van der Waals surface area contributed by atoms with Crippen LogP contribution >= 0.6 is 12.2 Å². The van der Waals surface area contributed by atoms with Gasteiger partial charge in [0.15, 0.2) is 10.6 Å². The molecule has 0 aliphatic heterocycles. The fourth-order valence-corrected chi connectivity index (χ4v) is 2.20. The number of H-pyrrole nitrogens is 1. The van der Waals surface area contributed by atoms with Crippen LogP contribution < -0.4 is 4.74 Å². The molecule has 1 aliphatic rings. The molecule has 0 bridgehead atoms. The Balaban J connectivity index is 2.05. The van der Waals surface area contributed by atoms with Crippen molar-refractivity contribution in [2.24, 2.45) is 0 Å². The molecule has 2 aromatic rings. The molecule has 0 spiro atoms. The average Bonchev–Trinajstić information content (AvgIpc) is 3.13. The number of benzene rings is 1. The van der Waals surface area contributed by atoms with Crippen LogP contribution in [0.3, 0.4) is 0 Å². The Labute approximate surface area is 104 Å². The second kappa shape index (κ2) is 4.00. The molecule has 1 fully saturated rings. The molecule has 0 saturated heterocycles. The summed E-state index contributed by atoms with van der Waals surface area (Å²) in [5.41, 5.74) is 1.06. The Kier molecular flexibility index (Phi) is 2.48. The topological polar surface area (TPSA) is 42.8 Å². The number of nitrogens with one attached hydrogen (secondary N) is 1. The number of rotatable bonds is 3. The zero-order chi connectivity index (χ0) is 11.8. The van der Waals surface area contributed by atoms with Crippen LogP contribution in [0.2, 0.25) is 0 Å². The third-order valence-corrected chi connectivity index (χ3v) is 3.25. The molecule has 1 heterocycles. The standard InChI is InChI=1S/C12H13N3OS/c1-16-10-6-2-8(3-7-10)11-13-14-12(17)15(11)9-4-5-9/h2-3,6-7,9H,4-5H2,1H3,(H,14,17). The van der Waals surface area contributed by atoms with E-state index in [2.05, 4.69) is 14.8 Å². The van der Waals surface area contributed by atoms with E-state index in [1.807, 2.05) is 24.3 Å². The van der Waals surface area contributed by atoms with Crippen LogP contribution in [0.5, 0.6) is 5.75 Å². The summed E-state index contributed by atoms with van der Waals surface area (Å²) in [7, 11) is 1.66. The van der Waals surface area contributed by atoms with E-state index in [1.54, 1.807) is 7.11 Å². The third kappa shape index (κ3) is 1.86. The second-order valence-corrected chi connectivity index (χ2v) is 4.57. The van der Waals surface area contributed by atoms with Crippen LogP contribution in [0, 0.1) is 4.77 Å². The van der Waals surface area contributed by atoms with Gasteiger partial charge in [0.2, 0.25) is 0 Å². The van der Waals surface area contributed by atoms with Gasteiger partial charge in [0, 0.05) is 11.6 Å². The Morgan fingerprint density at radius 1 is 1.35 bits per heavy atom. The van der Waals surface area contributed by atoms with Crippen molar-refractivity contribution in [2.45, 2.75) is 18.9 Å². The van der Waals surface area contributed by atoms with Crippen molar-refractivity contribution in [3.05, 3.63) is 29.0 Å². The SMILES string of the molecule is COc1ccc(-c2n[nH]c(=S)n2C2CC2)cc1. The van der Waals surface area contributed by atoms with E-state index in [0.29, 0.717) is 10.8 Å². The minimum Gasteiger partial charge on any atom is -0.497 e. The van der Waals surface area contributed by atoms with Crippen molar-refractivity contribution in [3.63, 3.8) is 0 Å². The van der Waals surface area contributed by atoms with Crippen molar-refractivity contribution in [3.8, 4) is 17.1 Å². The van der Waals surface area contributed by atoms with Gasteiger partial charge in [-0.3, -0.25) is 9.67 Å². The van der Waals surface area contributed by atoms with Gasteiger partial charge in [-0.25, -0.2) is 0 Å². The van der Waals surface area contributed by atoms with Gasteiger partial charge in [-0.15, -0.1) is 0 Å². The van der Waals surface area contributed by atoms with E-state index in [1.165, 1.54) is 12.8 Å². The predicted octanol–water partition coefficient (Wildman–Crippen LogP) is 2.95. The number of aromatic nitrogens is 3. The first kappa shape index (κ1) is 10.5. The lowest BCUT2D eigenvalue weighted by molar-refractivity contribution is 0.415.